The van der Waals surface area contributed by atoms with E-state index < -0.39 is 0 Å². The van der Waals surface area contributed by atoms with E-state index in [0.717, 1.165) is 11.3 Å². The lowest BCUT2D eigenvalue weighted by molar-refractivity contribution is 0.102. The van der Waals surface area contributed by atoms with Gasteiger partial charge in [-0.25, -0.2) is 9.67 Å². The normalized spacial score (nSPS) is 10.8. The van der Waals surface area contributed by atoms with Crippen molar-refractivity contribution in [1.29, 1.82) is 0 Å². The quantitative estimate of drug-likeness (QED) is 0.771. The Morgan fingerprint density at radius 2 is 2.00 bits per heavy atom. The highest BCUT2D eigenvalue weighted by atomic mass is 35.5. The summed E-state index contributed by atoms with van der Waals surface area (Å²) in [5, 5.41) is 11.9. The Balaban J connectivity index is 1.68. The van der Waals surface area contributed by atoms with Crippen molar-refractivity contribution in [3.05, 3.63) is 57.6 Å². The van der Waals surface area contributed by atoms with E-state index in [1.165, 1.54) is 6.33 Å². The van der Waals surface area contributed by atoms with Gasteiger partial charge < -0.3 is 0 Å². The molecule has 3 aromatic rings. The zero-order chi connectivity index (χ0) is 17.3. The summed E-state index contributed by atoms with van der Waals surface area (Å²) in [5.41, 5.74) is 2.13. The summed E-state index contributed by atoms with van der Waals surface area (Å²) in [7, 11) is 1.77. The second-order valence-electron chi connectivity index (χ2n) is 5.26. The van der Waals surface area contributed by atoms with Crippen LogP contribution in [0.15, 0.2) is 30.6 Å². The van der Waals surface area contributed by atoms with Gasteiger partial charge in [0.2, 0.25) is 5.95 Å². The van der Waals surface area contributed by atoms with Crippen molar-refractivity contribution < 1.29 is 4.79 Å². The van der Waals surface area contributed by atoms with Gasteiger partial charge in [0.1, 0.15) is 6.33 Å². The number of carbonyl (C=O) groups excluding carboxylic acids is 1. The van der Waals surface area contributed by atoms with E-state index in [0.29, 0.717) is 22.3 Å². The third-order valence-electron chi connectivity index (χ3n) is 3.44. The first kappa shape index (κ1) is 16.5. The fraction of sp³-hybridized carbons (Fsp3) is 0.200. The summed E-state index contributed by atoms with van der Waals surface area (Å²) < 4.78 is 3.23. The predicted octanol–water partition coefficient (Wildman–Crippen LogP) is 2.93. The molecule has 1 aromatic carbocycles. The van der Waals surface area contributed by atoms with Crippen molar-refractivity contribution in [3.63, 3.8) is 0 Å². The lowest BCUT2D eigenvalue weighted by Gasteiger charge is -2.03. The summed E-state index contributed by atoms with van der Waals surface area (Å²) in [6, 6.07) is 7.04. The Kier molecular flexibility index (Phi) is 4.55. The summed E-state index contributed by atoms with van der Waals surface area (Å²) in [6.07, 6.45) is 1.53. The summed E-state index contributed by atoms with van der Waals surface area (Å²) in [6.45, 7) is 2.33. The number of hydrogen-bond donors (Lipinski definition) is 1. The molecule has 0 fully saturated rings. The molecule has 0 saturated carbocycles. The second kappa shape index (κ2) is 6.62. The standard InChI is InChI=1S/C15H14Cl2N6O/c1-9-5-13(20-22(9)2)14(24)19-15-18-8-23(21-15)7-10-3-4-11(16)12(17)6-10/h3-6,8H,7H2,1-2H3,(H,19,21,24). The first-order valence-corrected chi connectivity index (χ1v) is 7.83. The Bertz CT molecular complexity index is 882. The molecular formula is C15H14Cl2N6O. The number of nitrogens with one attached hydrogen (secondary N) is 1. The van der Waals surface area contributed by atoms with Gasteiger partial charge in [-0.1, -0.05) is 29.3 Å². The predicted molar refractivity (Wildman–Crippen MR) is 91.5 cm³/mol. The van der Waals surface area contributed by atoms with Crippen LogP contribution < -0.4 is 5.32 Å². The van der Waals surface area contributed by atoms with Crippen LogP contribution in [0.2, 0.25) is 10.0 Å². The van der Waals surface area contributed by atoms with E-state index in [-0.39, 0.29) is 11.9 Å². The zero-order valence-corrected chi connectivity index (χ0v) is 14.5. The molecule has 0 atom stereocenters. The topological polar surface area (TPSA) is 77.6 Å². The molecule has 9 heteroatoms. The molecular weight excluding hydrogens is 351 g/mol. The van der Waals surface area contributed by atoms with Gasteiger partial charge in [-0.3, -0.25) is 14.8 Å². The van der Waals surface area contributed by atoms with Crippen molar-refractivity contribution in [2.45, 2.75) is 13.5 Å². The van der Waals surface area contributed by atoms with Crippen molar-refractivity contribution in [1.82, 2.24) is 24.5 Å². The number of aromatic nitrogens is 5. The average Bonchev–Trinajstić information content (AvgIpc) is 3.10. The molecule has 1 amide bonds. The molecule has 0 radical (unpaired) electrons. The minimum absolute atomic E-state index is 0.211. The Hall–Kier alpha value is -2.38. The van der Waals surface area contributed by atoms with Gasteiger partial charge in [-0.15, -0.1) is 5.10 Å². The van der Waals surface area contributed by atoms with E-state index in [1.54, 1.807) is 34.6 Å². The first-order valence-electron chi connectivity index (χ1n) is 7.08. The van der Waals surface area contributed by atoms with Gasteiger partial charge in [0.15, 0.2) is 5.69 Å². The molecule has 1 N–H and O–H groups in total. The Morgan fingerprint density at radius 1 is 1.21 bits per heavy atom. The van der Waals surface area contributed by atoms with Gasteiger partial charge in [0.25, 0.3) is 5.91 Å². The number of halogens is 2. The van der Waals surface area contributed by atoms with Crippen molar-refractivity contribution in [3.8, 4) is 0 Å². The Labute approximate surface area is 148 Å². The molecule has 124 valence electrons. The van der Waals surface area contributed by atoms with Crippen LogP contribution in [0.3, 0.4) is 0 Å². The van der Waals surface area contributed by atoms with E-state index in [1.807, 2.05) is 13.0 Å². The van der Waals surface area contributed by atoms with Gasteiger partial charge >= 0.3 is 0 Å². The molecule has 0 spiro atoms. The summed E-state index contributed by atoms with van der Waals surface area (Å²) >= 11 is 11.9. The van der Waals surface area contributed by atoms with Crippen molar-refractivity contribution in [2.24, 2.45) is 7.05 Å². The third kappa shape index (κ3) is 3.58. The van der Waals surface area contributed by atoms with Crippen molar-refractivity contribution >= 4 is 35.1 Å². The lowest BCUT2D eigenvalue weighted by atomic mass is 10.2. The van der Waals surface area contributed by atoms with E-state index in [4.69, 9.17) is 23.2 Å². The Morgan fingerprint density at radius 3 is 2.67 bits per heavy atom. The molecule has 0 bridgehead atoms. The number of aryl methyl sites for hydroxylation is 2. The fourth-order valence-electron chi connectivity index (χ4n) is 2.09. The molecule has 0 aliphatic carbocycles. The fourth-order valence-corrected chi connectivity index (χ4v) is 2.41. The smallest absolute Gasteiger partial charge is 0.278 e. The van der Waals surface area contributed by atoms with Gasteiger partial charge in [0, 0.05) is 12.7 Å². The van der Waals surface area contributed by atoms with Gasteiger partial charge in [-0.05, 0) is 30.7 Å². The molecule has 0 aliphatic heterocycles. The molecule has 24 heavy (non-hydrogen) atoms. The largest absolute Gasteiger partial charge is 0.288 e. The van der Waals surface area contributed by atoms with Crippen LogP contribution in [-0.4, -0.2) is 30.5 Å². The molecule has 0 saturated heterocycles. The van der Waals surface area contributed by atoms with Crippen LogP contribution in [0.25, 0.3) is 0 Å². The number of hydrogen-bond acceptors (Lipinski definition) is 4. The van der Waals surface area contributed by atoms with Crippen LogP contribution >= 0.6 is 23.2 Å². The maximum atomic E-state index is 12.1. The number of benzene rings is 1. The number of carbonyl (C=O) groups is 1. The highest BCUT2D eigenvalue weighted by Gasteiger charge is 2.13. The number of amides is 1. The minimum atomic E-state index is -0.356. The van der Waals surface area contributed by atoms with Crippen molar-refractivity contribution in [2.75, 3.05) is 5.32 Å². The molecule has 2 heterocycles. The van der Waals surface area contributed by atoms with Crippen LogP contribution in [0, 0.1) is 6.92 Å². The highest BCUT2D eigenvalue weighted by Crippen LogP contribution is 2.22. The molecule has 0 aliphatic rings. The number of anilines is 1. The van der Waals surface area contributed by atoms with Gasteiger partial charge in [-0.2, -0.15) is 5.10 Å². The first-order chi connectivity index (χ1) is 11.4. The average molecular weight is 365 g/mol. The van der Waals surface area contributed by atoms with Crippen LogP contribution in [0.1, 0.15) is 21.7 Å². The molecule has 2 aromatic heterocycles. The van der Waals surface area contributed by atoms with Crippen LogP contribution in [0.4, 0.5) is 5.95 Å². The van der Waals surface area contributed by atoms with E-state index in [2.05, 4.69) is 20.5 Å². The second-order valence-corrected chi connectivity index (χ2v) is 6.08. The molecule has 0 unspecified atom stereocenters. The minimum Gasteiger partial charge on any atom is -0.288 e. The highest BCUT2D eigenvalue weighted by molar-refractivity contribution is 6.42. The zero-order valence-electron chi connectivity index (χ0n) is 13.0. The van der Waals surface area contributed by atoms with Gasteiger partial charge in [0.05, 0.1) is 16.6 Å². The third-order valence-corrected chi connectivity index (χ3v) is 4.18. The maximum absolute atomic E-state index is 12.1. The van der Waals surface area contributed by atoms with E-state index in [9.17, 15) is 4.79 Å². The SMILES string of the molecule is Cc1cc(C(=O)Nc2ncn(Cc3ccc(Cl)c(Cl)c3)n2)nn1C. The van der Waals surface area contributed by atoms with E-state index >= 15 is 0 Å². The monoisotopic (exact) mass is 364 g/mol. The molecule has 3 rings (SSSR count). The van der Waals surface area contributed by atoms with Crippen LogP contribution in [0.5, 0.6) is 0 Å². The summed E-state index contributed by atoms with van der Waals surface area (Å²) in [4.78, 5) is 16.2. The number of nitrogens with zero attached hydrogens (tertiary/aromatic N) is 5. The summed E-state index contributed by atoms with van der Waals surface area (Å²) in [5.74, 6) is -0.144. The molecule has 7 nitrogen and oxygen atoms in total. The van der Waals surface area contributed by atoms with Crippen LogP contribution in [-0.2, 0) is 13.6 Å². The number of rotatable bonds is 4. The lowest BCUT2D eigenvalue weighted by Crippen LogP contribution is -2.14. The maximum Gasteiger partial charge on any atom is 0.278 e.